The van der Waals surface area contributed by atoms with E-state index in [0.29, 0.717) is 0 Å². The van der Waals surface area contributed by atoms with Crippen molar-refractivity contribution in [1.29, 1.82) is 0 Å². The van der Waals surface area contributed by atoms with Crippen molar-refractivity contribution < 1.29 is 12.6 Å². The van der Waals surface area contributed by atoms with Crippen LogP contribution in [0.3, 0.4) is 0 Å². The van der Waals surface area contributed by atoms with Crippen molar-refractivity contribution in [2.75, 3.05) is 0 Å². The monoisotopic (exact) mass is 314 g/mol. The third-order valence-electron chi connectivity index (χ3n) is 2.46. The summed E-state index contributed by atoms with van der Waals surface area (Å²) in [5, 5.41) is 0.990. The highest BCUT2D eigenvalue weighted by Gasteiger charge is 2.01. The Balaban J connectivity index is 0.000000255. The molecule has 0 spiro atoms. The minimum atomic E-state index is -3.63. The molecule has 2 aromatic carbocycles. The number of rotatable bonds is 5. The minimum Gasteiger partial charge on any atom is -0.388 e. The Bertz CT molecular complexity index is 703. The van der Waals surface area contributed by atoms with Gasteiger partial charge in [-0.2, -0.15) is 8.42 Å². The maximum absolute atomic E-state index is 11.0. The summed E-state index contributed by atoms with van der Waals surface area (Å²) in [6.07, 6.45) is 4.17. The van der Waals surface area contributed by atoms with E-state index in [1.165, 1.54) is 11.6 Å². The third-order valence-corrected chi connectivity index (χ3v) is 3.34. The Morgan fingerprint density at radius 3 is 1.73 bits per heavy atom. The van der Waals surface area contributed by atoms with Gasteiger partial charge in [0.15, 0.2) is 0 Å². The van der Waals surface area contributed by atoms with Crippen LogP contribution >= 0.6 is 0 Å². The van der Waals surface area contributed by atoms with Gasteiger partial charge in [0, 0.05) is 0 Å². The van der Waals surface area contributed by atoms with E-state index >= 15 is 0 Å². The average Bonchev–Trinajstić information content (AvgIpc) is 2.55. The Hall–Kier alpha value is -2.59. The van der Waals surface area contributed by atoms with E-state index in [-0.39, 0.29) is 0 Å². The highest BCUT2D eigenvalue weighted by molar-refractivity contribution is 7.89. The molecule has 0 amide bonds. The van der Waals surface area contributed by atoms with Gasteiger partial charge in [-0.15, -0.1) is 0 Å². The molecule has 0 aliphatic heterocycles. The van der Waals surface area contributed by atoms with E-state index in [9.17, 15) is 8.42 Å². The van der Waals surface area contributed by atoms with Crippen molar-refractivity contribution in [2.24, 2.45) is 0 Å². The van der Waals surface area contributed by atoms with Crippen molar-refractivity contribution in [3.05, 3.63) is 96.6 Å². The molecular formula is C18H18O3S. The fourth-order valence-electron chi connectivity index (χ4n) is 1.44. The first kappa shape index (κ1) is 17.5. The molecule has 2 aromatic rings. The average molecular weight is 314 g/mol. The zero-order valence-corrected chi connectivity index (χ0v) is 12.9. The summed E-state index contributed by atoms with van der Waals surface area (Å²) in [6, 6.07) is 19.1. The van der Waals surface area contributed by atoms with Gasteiger partial charge in [-0.1, -0.05) is 79.9 Å². The molecule has 0 aliphatic rings. The van der Waals surface area contributed by atoms with Crippen LogP contribution < -0.4 is 0 Å². The SMILES string of the molecule is C=COS(=O)(=O)C=Cc1ccccc1.C=Cc1ccccc1. The molecule has 0 aliphatic carbocycles. The van der Waals surface area contributed by atoms with Gasteiger partial charge in [0.05, 0.1) is 11.7 Å². The summed E-state index contributed by atoms with van der Waals surface area (Å²) in [6.45, 7) is 6.80. The van der Waals surface area contributed by atoms with Crippen molar-refractivity contribution >= 4 is 22.3 Å². The van der Waals surface area contributed by atoms with Gasteiger partial charge in [-0.05, 0) is 17.2 Å². The van der Waals surface area contributed by atoms with Crippen molar-refractivity contribution in [1.82, 2.24) is 0 Å². The predicted octanol–water partition coefficient (Wildman–Crippen LogP) is 4.48. The standard InChI is InChI=1S/C10H10O3S.C8H8/c1-2-13-14(11,12)9-8-10-6-4-3-5-7-10;1-2-8-6-4-3-5-7-8/h2-9H,1H2;2-7H,1H2. The fraction of sp³-hybridized carbons (Fsp3) is 0. The molecule has 0 saturated carbocycles. The molecule has 0 atom stereocenters. The van der Waals surface area contributed by atoms with Crippen molar-refractivity contribution in [2.45, 2.75) is 0 Å². The van der Waals surface area contributed by atoms with Gasteiger partial charge in [-0.3, -0.25) is 0 Å². The zero-order valence-electron chi connectivity index (χ0n) is 12.1. The maximum atomic E-state index is 11.0. The summed E-state index contributed by atoms with van der Waals surface area (Å²) in [7, 11) is -3.63. The Kier molecular flexibility index (Phi) is 7.43. The van der Waals surface area contributed by atoms with Gasteiger partial charge in [0.1, 0.15) is 0 Å². The maximum Gasteiger partial charge on any atom is 0.331 e. The Morgan fingerprint density at radius 2 is 1.32 bits per heavy atom. The van der Waals surface area contributed by atoms with E-state index in [1.807, 2.05) is 54.6 Å². The van der Waals surface area contributed by atoms with Gasteiger partial charge in [0.2, 0.25) is 0 Å². The van der Waals surface area contributed by atoms with Crippen LogP contribution in [0.25, 0.3) is 12.2 Å². The molecule has 2 rings (SSSR count). The van der Waals surface area contributed by atoms with Crippen LogP contribution in [0.4, 0.5) is 0 Å². The molecule has 3 nitrogen and oxygen atoms in total. The molecule has 0 saturated heterocycles. The Morgan fingerprint density at radius 1 is 0.818 bits per heavy atom. The van der Waals surface area contributed by atoms with Crippen LogP contribution in [0, 0.1) is 0 Å². The predicted molar refractivity (Wildman–Crippen MR) is 92.2 cm³/mol. The second-order valence-corrected chi connectivity index (χ2v) is 5.53. The van der Waals surface area contributed by atoms with E-state index in [1.54, 1.807) is 12.1 Å². The van der Waals surface area contributed by atoms with Crippen LogP contribution in [0.15, 0.2) is 85.5 Å². The molecule has 0 heterocycles. The van der Waals surface area contributed by atoms with Gasteiger partial charge < -0.3 is 4.18 Å². The lowest BCUT2D eigenvalue weighted by molar-refractivity contribution is 0.455. The largest absolute Gasteiger partial charge is 0.388 e. The first-order chi connectivity index (χ1) is 10.6. The van der Waals surface area contributed by atoms with Crippen LogP contribution in [0.1, 0.15) is 11.1 Å². The highest BCUT2D eigenvalue weighted by Crippen LogP contribution is 2.04. The molecule has 114 valence electrons. The minimum absolute atomic E-state index is 0.795. The molecule has 0 radical (unpaired) electrons. The lowest BCUT2D eigenvalue weighted by atomic mass is 10.2. The van der Waals surface area contributed by atoms with Crippen LogP contribution in [0.5, 0.6) is 0 Å². The normalized spacial score (nSPS) is 10.4. The number of hydrogen-bond acceptors (Lipinski definition) is 3. The van der Waals surface area contributed by atoms with Crippen LogP contribution in [0.2, 0.25) is 0 Å². The van der Waals surface area contributed by atoms with Crippen LogP contribution in [-0.4, -0.2) is 8.42 Å². The zero-order chi connectivity index (χ0) is 16.3. The number of hydrogen-bond donors (Lipinski definition) is 0. The van der Waals surface area contributed by atoms with E-state index in [0.717, 1.165) is 17.2 Å². The smallest absolute Gasteiger partial charge is 0.331 e. The second-order valence-electron chi connectivity index (χ2n) is 4.08. The molecule has 0 aromatic heterocycles. The van der Waals surface area contributed by atoms with E-state index in [4.69, 9.17) is 0 Å². The summed E-state index contributed by atoms with van der Waals surface area (Å²) in [5.74, 6) is 0. The van der Waals surface area contributed by atoms with E-state index in [2.05, 4.69) is 17.3 Å². The molecule has 0 bridgehead atoms. The summed E-state index contributed by atoms with van der Waals surface area (Å²) in [5.41, 5.74) is 1.97. The molecule has 0 unspecified atom stereocenters. The first-order valence-electron chi connectivity index (χ1n) is 6.52. The molecular weight excluding hydrogens is 296 g/mol. The quantitative estimate of drug-likeness (QED) is 0.604. The lowest BCUT2D eigenvalue weighted by Gasteiger charge is -1.95. The van der Waals surface area contributed by atoms with Crippen LogP contribution in [-0.2, 0) is 14.3 Å². The van der Waals surface area contributed by atoms with Crippen molar-refractivity contribution in [3.63, 3.8) is 0 Å². The summed E-state index contributed by atoms with van der Waals surface area (Å²) >= 11 is 0. The molecule has 0 fully saturated rings. The highest BCUT2D eigenvalue weighted by atomic mass is 32.2. The van der Waals surface area contributed by atoms with Gasteiger partial charge in [-0.25, -0.2) is 0 Å². The van der Waals surface area contributed by atoms with E-state index < -0.39 is 10.1 Å². The second kappa shape index (κ2) is 9.37. The number of benzene rings is 2. The lowest BCUT2D eigenvalue weighted by Crippen LogP contribution is -1.94. The molecule has 4 heteroatoms. The van der Waals surface area contributed by atoms with Crippen molar-refractivity contribution in [3.8, 4) is 0 Å². The summed E-state index contributed by atoms with van der Waals surface area (Å²) in [4.78, 5) is 0. The van der Waals surface area contributed by atoms with Gasteiger partial charge >= 0.3 is 10.1 Å². The topological polar surface area (TPSA) is 43.4 Å². The molecule has 0 N–H and O–H groups in total. The Labute approximate surface area is 132 Å². The first-order valence-corrected chi connectivity index (χ1v) is 7.99. The summed E-state index contributed by atoms with van der Waals surface area (Å²) < 4.78 is 26.3. The van der Waals surface area contributed by atoms with Gasteiger partial charge in [0.25, 0.3) is 0 Å². The molecule has 22 heavy (non-hydrogen) atoms. The fourth-order valence-corrected chi connectivity index (χ4v) is 2.02. The third kappa shape index (κ3) is 7.26.